The molecule has 0 amide bonds. The number of hydrogen-bond donors (Lipinski definition) is 0. The second-order valence-electron chi connectivity index (χ2n) is 3.39. The summed E-state index contributed by atoms with van der Waals surface area (Å²) in [6.45, 7) is 0. The zero-order chi connectivity index (χ0) is 12.4. The van der Waals surface area contributed by atoms with E-state index in [0.29, 0.717) is 21.9 Å². The SMILES string of the molecule is Clc1nc(CSc2ncccn2)nc2sccc12. The van der Waals surface area contributed by atoms with Gasteiger partial charge in [-0.05, 0) is 17.5 Å². The fourth-order valence-corrected chi connectivity index (χ4v) is 3.16. The highest BCUT2D eigenvalue weighted by Crippen LogP contribution is 2.26. The fourth-order valence-electron chi connectivity index (χ4n) is 1.41. The Morgan fingerprint density at radius 3 is 2.89 bits per heavy atom. The van der Waals surface area contributed by atoms with Gasteiger partial charge in [0, 0.05) is 17.8 Å². The van der Waals surface area contributed by atoms with Gasteiger partial charge in [0.2, 0.25) is 0 Å². The molecule has 0 bridgehead atoms. The van der Waals surface area contributed by atoms with E-state index >= 15 is 0 Å². The number of halogens is 1. The summed E-state index contributed by atoms with van der Waals surface area (Å²) < 4.78 is 0. The average molecular weight is 295 g/mol. The monoisotopic (exact) mass is 294 g/mol. The largest absolute Gasteiger partial charge is 0.231 e. The van der Waals surface area contributed by atoms with E-state index in [9.17, 15) is 0 Å². The van der Waals surface area contributed by atoms with Crippen LogP contribution in [0.3, 0.4) is 0 Å². The Morgan fingerprint density at radius 1 is 1.22 bits per heavy atom. The first-order chi connectivity index (χ1) is 8.83. The van der Waals surface area contributed by atoms with Crippen molar-refractivity contribution in [3.8, 4) is 0 Å². The predicted octanol–water partition coefficient (Wildman–Crippen LogP) is 3.43. The van der Waals surface area contributed by atoms with Crippen molar-refractivity contribution in [2.45, 2.75) is 10.9 Å². The molecule has 0 saturated heterocycles. The van der Waals surface area contributed by atoms with Crippen molar-refractivity contribution in [2.75, 3.05) is 0 Å². The molecule has 3 heterocycles. The summed E-state index contributed by atoms with van der Waals surface area (Å²) >= 11 is 9.15. The first-order valence-electron chi connectivity index (χ1n) is 5.12. The van der Waals surface area contributed by atoms with Gasteiger partial charge in [0.1, 0.15) is 15.8 Å². The van der Waals surface area contributed by atoms with Crippen LogP contribution in [0.2, 0.25) is 5.15 Å². The third kappa shape index (κ3) is 2.45. The topological polar surface area (TPSA) is 51.6 Å². The van der Waals surface area contributed by atoms with Crippen LogP contribution in [-0.2, 0) is 5.75 Å². The molecular weight excluding hydrogens is 288 g/mol. The van der Waals surface area contributed by atoms with Gasteiger partial charge in [-0.1, -0.05) is 23.4 Å². The Balaban J connectivity index is 1.82. The quantitative estimate of drug-likeness (QED) is 0.421. The second-order valence-corrected chi connectivity index (χ2v) is 5.59. The van der Waals surface area contributed by atoms with Gasteiger partial charge in [0.15, 0.2) is 5.16 Å². The van der Waals surface area contributed by atoms with E-state index < -0.39 is 0 Å². The van der Waals surface area contributed by atoms with Crippen LogP contribution >= 0.6 is 34.7 Å². The second kappa shape index (κ2) is 5.17. The molecule has 0 saturated carbocycles. The van der Waals surface area contributed by atoms with Crippen LogP contribution in [0, 0.1) is 0 Å². The normalized spacial score (nSPS) is 10.9. The first-order valence-corrected chi connectivity index (χ1v) is 7.37. The first kappa shape index (κ1) is 11.8. The maximum absolute atomic E-state index is 6.10. The third-order valence-electron chi connectivity index (χ3n) is 2.20. The molecule has 0 atom stereocenters. The molecule has 0 spiro atoms. The van der Waals surface area contributed by atoms with E-state index in [1.165, 1.54) is 11.8 Å². The molecule has 0 aliphatic heterocycles. The van der Waals surface area contributed by atoms with Crippen molar-refractivity contribution in [2.24, 2.45) is 0 Å². The Kier molecular flexibility index (Phi) is 3.40. The van der Waals surface area contributed by atoms with Crippen LogP contribution in [0.1, 0.15) is 5.82 Å². The third-order valence-corrected chi connectivity index (χ3v) is 4.16. The lowest BCUT2D eigenvalue weighted by Crippen LogP contribution is -1.94. The molecule has 3 aromatic rings. The molecular formula is C11H7ClN4S2. The number of thioether (sulfide) groups is 1. The Labute approximate surface area is 116 Å². The van der Waals surface area contributed by atoms with Crippen LogP contribution in [-0.4, -0.2) is 19.9 Å². The molecule has 0 N–H and O–H groups in total. The standard InChI is InChI=1S/C11H7ClN4S2/c12-9-7-2-5-17-10(7)16-8(15-9)6-18-11-13-3-1-4-14-11/h1-5H,6H2. The van der Waals surface area contributed by atoms with Gasteiger partial charge in [-0.15, -0.1) is 11.3 Å². The fraction of sp³-hybridized carbons (Fsp3) is 0.0909. The van der Waals surface area contributed by atoms with Gasteiger partial charge in [-0.25, -0.2) is 19.9 Å². The molecule has 7 heteroatoms. The van der Waals surface area contributed by atoms with Crippen molar-refractivity contribution in [3.05, 3.63) is 40.9 Å². The zero-order valence-electron chi connectivity index (χ0n) is 9.08. The maximum Gasteiger partial charge on any atom is 0.187 e. The van der Waals surface area contributed by atoms with Crippen molar-refractivity contribution in [1.29, 1.82) is 0 Å². The van der Waals surface area contributed by atoms with E-state index in [2.05, 4.69) is 19.9 Å². The number of hydrogen-bond acceptors (Lipinski definition) is 6. The summed E-state index contributed by atoms with van der Waals surface area (Å²) in [6, 6.07) is 3.72. The van der Waals surface area contributed by atoms with Crippen molar-refractivity contribution in [3.63, 3.8) is 0 Å². The summed E-state index contributed by atoms with van der Waals surface area (Å²) in [7, 11) is 0. The minimum absolute atomic E-state index is 0.505. The molecule has 4 nitrogen and oxygen atoms in total. The van der Waals surface area contributed by atoms with Gasteiger partial charge in [0.05, 0.1) is 5.75 Å². The Hall–Kier alpha value is -1.24. The highest BCUT2D eigenvalue weighted by molar-refractivity contribution is 7.98. The van der Waals surface area contributed by atoms with Crippen molar-refractivity contribution in [1.82, 2.24) is 19.9 Å². The lowest BCUT2D eigenvalue weighted by Gasteiger charge is -2.00. The minimum Gasteiger partial charge on any atom is -0.231 e. The van der Waals surface area contributed by atoms with Gasteiger partial charge >= 0.3 is 0 Å². The van der Waals surface area contributed by atoms with Crippen LogP contribution in [0.5, 0.6) is 0 Å². The molecule has 90 valence electrons. The molecule has 0 aromatic carbocycles. The number of fused-ring (bicyclic) bond motifs is 1. The lowest BCUT2D eigenvalue weighted by molar-refractivity contribution is 0.961. The van der Waals surface area contributed by atoms with E-state index in [-0.39, 0.29) is 0 Å². The van der Waals surface area contributed by atoms with Crippen molar-refractivity contribution >= 4 is 44.9 Å². The summed E-state index contributed by atoms with van der Waals surface area (Å²) in [6.07, 6.45) is 3.43. The molecule has 0 radical (unpaired) electrons. The van der Waals surface area contributed by atoms with Gasteiger partial charge in [0.25, 0.3) is 0 Å². The lowest BCUT2D eigenvalue weighted by atomic mass is 10.4. The highest BCUT2D eigenvalue weighted by Gasteiger charge is 2.08. The van der Waals surface area contributed by atoms with Crippen LogP contribution in [0.15, 0.2) is 35.1 Å². The summed E-state index contributed by atoms with van der Waals surface area (Å²) in [4.78, 5) is 17.9. The molecule has 0 fully saturated rings. The summed E-state index contributed by atoms with van der Waals surface area (Å²) in [5, 5.41) is 4.09. The predicted molar refractivity (Wildman–Crippen MR) is 74.0 cm³/mol. The van der Waals surface area contributed by atoms with Gasteiger partial charge in [-0.2, -0.15) is 0 Å². The molecule has 3 aromatic heterocycles. The zero-order valence-corrected chi connectivity index (χ0v) is 11.5. The van der Waals surface area contributed by atoms with Gasteiger partial charge in [-0.3, -0.25) is 0 Å². The van der Waals surface area contributed by atoms with Crippen LogP contribution in [0.25, 0.3) is 10.2 Å². The number of nitrogens with zero attached hydrogens (tertiary/aromatic N) is 4. The van der Waals surface area contributed by atoms with Crippen LogP contribution < -0.4 is 0 Å². The summed E-state index contributed by atoms with van der Waals surface area (Å²) in [5.74, 6) is 1.31. The molecule has 18 heavy (non-hydrogen) atoms. The Bertz CT molecular complexity index is 671. The number of thiophene rings is 1. The molecule has 0 aliphatic carbocycles. The molecule has 0 unspecified atom stereocenters. The van der Waals surface area contributed by atoms with E-state index in [4.69, 9.17) is 11.6 Å². The van der Waals surface area contributed by atoms with Crippen molar-refractivity contribution < 1.29 is 0 Å². The highest BCUT2D eigenvalue weighted by atomic mass is 35.5. The minimum atomic E-state index is 0.505. The summed E-state index contributed by atoms with van der Waals surface area (Å²) in [5.41, 5.74) is 0. The van der Waals surface area contributed by atoms with Crippen LogP contribution in [0.4, 0.5) is 0 Å². The maximum atomic E-state index is 6.10. The number of aromatic nitrogens is 4. The van der Waals surface area contributed by atoms with Gasteiger partial charge < -0.3 is 0 Å². The van der Waals surface area contributed by atoms with E-state index in [1.807, 2.05) is 11.4 Å². The van der Waals surface area contributed by atoms with E-state index in [0.717, 1.165) is 10.2 Å². The smallest absolute Gasteiger partial charge is 0.187 e. The average Bonchev–Trinajstić information content (AvgIpc) is 2.86. The number of rotatable bonds is 3. The van der Waals surface area contributed by atoms with E-state index in [1.54, 1.807) is 29.8 Å². The molecule has 0 aliphatic rings. The Morgan fingerprint density at radius 2 is 2.06 bits per heavy atom. The molecule has 3 rings (SSSR count).